The van der Waals surface area contributed by atoms with Crippen LogP contribution in [0.15, 0.2) is 53.3 Å². The molecule has 0 saturated heterocycles. The summed E-state index contributed by atoms with van der Waals surface area (Å²) in [5.41, 5.74) is 1.80. The summed E-state index contributed by atoms with van der Waals surface area (Å²) in [7, 11) is 0. The van der Waals surface area contributed by atoms with Crippen molar-refractivity contribution in [1.29, 1.82) is 0 Å². The molecule has 3 heterocycles. The van der Waals surface area contributed by atoms with E-state index in [2.05, 4.69) is 20.4 Å². The molecule has 3 aromatic heterocycles. The molecule has 0 saturated carbocycles. The first kappa shape index (κ1) is 17.2. The standard InChI is InChI=1S/C20H20FN5O/c1-20(2,3)25-19-23-17-14(11-13-7-4-5-8-15(13)21)12-22-26(17)18(24-19)16-9-6-10-27-16/h4-10,12H,11H2,1-3H3,(H,23,25). The second kappa shape index (κ2) is 6.50. The maximum absolute atomic E-state index is 14.1. The number of fused-ring (bicyclic) bond motifs is 1. The molecule has 0 atom stereocenters. The summed E-state index contributed by atoms with van der Waals surface area (Å²) in [5, 5.41) is 7.71. The number of anilines is 1. The van der Waals surface area contributed by atoms with Gasteiger partial charge in [-0.3, -0.25) is 0 Å². The van der Waals surface area contributed by atoms with Gasteiger partial charge < -0.3 is 9.73 Å². The van der Waals surface area contributed by atoms with Crippen molar-refractivity contribution in [2.24, 2.45) is 0 Å². The number of nitrogens with zero attached hydrogens (tertiary/aromatic N) is 4. The Balaban J connectivity index is 1.86. The van der Waals surface area contributed by atoms with E-state index in [1.54, 1.807) is 35.2 Å². The number of nitrogens with one attached hydrogen (secondary N) is 1. The highest BCUT2D eigenvalue weighted by Gasteiger charge is 2.19. The SMILES string of the molecule is CC(C)(C)Nc1nc(-c2ccco2)n2ncc(Cc3ccccc3F)c2n1. The maximum Gasteiger partial charge on any atom is 0.227 e. The van der Waals surface area contributed by atoms with E-state index < -0.39 is 0 Å². The highest BCUT2D eigenvalue weighted by atomic mass is 19.1. The van der Waals surface area contributed by atoms with Crippen molar-refractivity contribution in [2.75, 3.05) is 5.32 Å². The summed E-state index contributed by atoms with van der Waals surface area (Å²) >= 11 is 0. The molecule has 6 nitrogen and oxygen atoms in total. The molecule has 0 amide bonds. The van der Waals surface area contributed by atoms with Crippen molar-refractivity contribution < 1.29 is 8.81 Å². The summed E-state index contributed by atoms with van der Waals surface area (Å²) in [4.78, 5) is 9.21. The Morgan fingerprint density at radius 3 is 2.59 bits per heavy atom. The number of halogens is 1. The van der Waals surface area contributed by atoms with Crippen LogP contribution in [0.2, 0.25) is 0 Å². The van der Waals surface area contributed by atoms with Crippen LogP contribution in [-0.4, -0.2) is 25.1 Å². The summed E-state index contributed by atoms with van der Waals surface area (Å²) in [6, 6.07) is 10.3. The van der Waals surface area contributed by atoms with Crippen LogP contribution in [0.25, 0.3) is 17.2 Å². The minimum atomic E-state index is -0.245. The largest absolute Gasteiger partial charge is 0.461 e. The minimum Gasteiger partial charge on any atom is -0.461 e. The van der Waals surface area contributed by atoms with Gasteiger partial charge in [-0.2, -0.15) is 19.6 Å². The van der Waals surface area contributed by atoms with E-state index >= 15 is 0 Å². The molecular weight excluding hydrogens is 345 g/mol. The first-order chi connectivity index (χ1) is 12.9. The molecule has 0 fully saturated rings. The maximum atomic E-state index is 14.1. The van der Waals surface area contributed by atoms with Crippen molar-refractivity contribution in [3.8, 4) is 11.6 Å². The minimum absolute atomic E-state index is 0.218. The van der Waals surface area contributed by atoms with Crippen molar-refractivity contribution in [3.05, 3.63) is 65.8 Å². The third-order valence-electron chi connectivity index (χ3n) is 4.01. The van der Waals surface area contributed by atoms with Crippen LogP contribution >= 0.6 is 0 Å². The molecule has 27 heavy (non-hydrogen) atoms. The molecule has 1 N–H and O–H groups in total. The number of hydrogen-bond donors (Lipinski definition) is 1. The molecule has 7 heteroatoms. The number of aromatic nitrogens is 4. The van der Waals surface area contributed by atoms with E-state index in [4.69, 9.17) is 4.42 Å². The van der Waals surface area contributed by atoms with Gasteiger partial charge in [-0.05, 0) is 44.5 Å². The molecule has 4 aromatic rings. The van der Waals surface area contributed by atoms with Crippen LogP contribution in [0.3, 0.4) is 0 Å². The van der Waals surface area contributed by atoms with Gasteiger partial charge in [0.2, 0.25) is 11.8 Å². The number of benzene rings is 1. The van der Waals surface area contributed by atoms with Crippen molar-refractivity contribution in [2.45, 2.75) is 32.7 Å². The van der Waals surface area contributed by atoms with Gasteiger partial charge in [0.05, 0.1) is 12.5 Å². The highest BCUT2D eigenvalue weighted by Crippen LogP contribution is 2.24. The predicted molar refractivity (Wildman–Crippen MR) is 101 cm³/mol. The van der Waals surface area contributed by atoms with Crippen LogP contribution < -0.4 is 5.32 Å². The lowest BCUT2D eigenvalue weighted by molar-refractivity contribution is 0.572. The van der Waals surface area contributed by atoms with E-state index in [-0.39, 0.29) is 11.4 Å². The Kier molecular flexibility index (Phi) is 4.14. The fraction of sp³-hybridized carbons (Fsp3) is 0.250. The van der Waals surface area contributed by atoms with Gasteiger partial charge in [-0.15, -0.1) is 0 Å². The molecule has 0 bridgehead atoms. The van der Waals surface area contributed by atoms with Crippen molar-refractivity contribution >= 4 is 11.6 Å². The van der Waals surface area contributed by atoms with Gasteiger partial charge in [0.15, 0.2) is 11.4 Å². The lowest BCUT2D eigenvalue weighted by Gasteiger charge is -2.20. The normalized spacial score (nSPS) is 11.9. The molecule has 0 aliphatic rings. The van der Waals surface area contributed by atoms with Crippen LogP contribution in [0.5, 0.6) is 0 Å². The first-order valence-electron chi connectivity index (χ1n) is 8.71. The molecule has 0 aliphatic carbocycles. The number of hydrogen-bond acceptors (Lipinski definition) is 5. The molecule has 4 rings (SSSR count). The van der Waals surface area contributed by atoms with Crippen LogP contribution in [-0.2, 0) is 6.42 Å². The average Bonchev–Trinajstić information content (AvgIpc) is 3.25. The number of rotatable bonds is 4. The smallest absolute Gasteiger partial charge is 0.227 e. The molecule has 0 unspecified atom stereocenters. The third kappa shape index (κ3) is 3.53. The van der Waals surface area contributed by atoms with Gasteiger partial charge >= 0.3 is 0 Å². The van der Waals surface area contributed by atoms with E-state index in [0.717, 1.165) is 5.56 Å². The topological polar surface area (TPSA) is 68.2 Å². The zero-order valence-corrected chi connectivity index (χ0v) is 15.4. The lowest BCUT2D eigenvalue weighted by atomic mass is 10.1. The summed E-state index contributed by atoms with van der Waals surface area (Å²) in [6.45, 7) is 6.09. The van der Waals surface area contributed by atoms with E-state index in [0.29, 0.717) is 35.2 Å². The summed E-state index contributed by atoms with van der Waals surface area (Å²) < 4.78 is 21.2. The Labute approximate surface area is 156 Å². The fourth-order valence-corrected chi connectivity index (χ4v) is 2.85. The Bertz CT molecular complexity index is 1080. The van der Waals surface area contributed by atoms with Crippen molar-refractivity contribution in [3.63, 3.8) is 0 Å². The monoisotopic (exact) mass is 365 g/mol. The quantitative estimate of drug-likeness (QED) is 0.583. The molecule has 0 radical (unpaired) electrons. The lowest BCUT2D eigenvalue weighted by Crippen LogP contribution is -2.27. The number of furan rings is 1. The Morgan fingerprint density at radius 2 is 1.89 bits per heavy atom. The van der Waals surface area contributed by atoms with Gasteiger partial charge in [-0.25, -0.2) is 4.39 Å². The average molecular weight is 365 g/mol. The highest BCUT2D eigenvalue weighted by molar-refractivity contribution is 5.60. The predicted octanol–water partition coefficient (Wildman–Crippen LogP) is 4.32. The summed E-state index contributed by atoms with van der Waals surface area (Å²) in [6.07, 6.45) is 3.67. The molecule has 0 spiro atoms. The molecule has 0 aliphatic heterocycles. The zero-order chi connectivity index (χ0) is 19.0. The zero-order valence-electron chi connectivity index (χ0n) is 15.4. The summed E-state index contributed by atoms with van der Waals surface area (Å²) in [5.74, 6) is 1.35. The van der Waals surface area contributed by atoms with Gasteiger partial charge in [0, 0.05) is 17.5 Å². The van der Waals surface area contributed by atoms with Crippen LogP contribution in [0, 0.1) is 5.82 Å². The third-order valence-corrected chi connectivity index (χ3v) is 4.01. The van der Waals surface area contributed by atoms with Gasteiger partial charge in [0.1, 0.15) is 5.82 Å². The Hall–Kier alpha value is -3.22. The Morgan fingerprint density at radius 1 is 1.07 bits per heavy atom. The molecular formula is C20H20FN5O. The van der Waals surface area contributed by atoms with Crippen molar-refractivity contribution in [1.82, 2.24) is 19.6 Å². The van der Waals surface area contributed by atoms with E-state index in [9.17, 15) is 4.39 Å². The van der Waals surface area contributed by atoms with Crippen LogP contribution in [0.1, 0.15) is 31.9 Å². The van der Waals surface area contributed by atoms with Crippen LogP contribution in [0.4, 0.5) is 10.3 Å². The van der Waals surface area contributed by atoms with E-state index in [1.165, 1.54) is 6.07 Å². The molecule has 138 valence electrons. The fourth-order valence-electron chi connectivity index (χ4n) is 2.85. The van der Waals surface area contributed by atoms with E-state index in [1.807, 2.05) is 32.9 Å². The van der Waals surface area contributed by atoms with Gasteiger partial charge in [0.25, 0.3) is 0 Å². The first-order valence-corrected chi connectivity index (χ1v) is 8.71. The second-order valence-corrected chi connectivity index (χ2v) is 7.40. The van der Waals surface area contributed by atoms with Gasteiger partial charge in [-0.1, -0.05) is 18.2 Å². The second-order valence-electron chi connectivity index (χ2n) is 7.40. The molecule has 1 aromatic carbocycles.